The molecule has 1 aliphatic heterocycles. The summed E-state index contributed by atoms with van der Waals surface area (Å²) in [6.07, 6.45) is 5.74. The first kappa shape index (κ1) is 15.0. The van der Waals surface area contributed by atoms with Crippen molar-refractivity contribution in [2.45, 2.75) is 32.0 Å². The Balaban J connectivity index is 1.74. The molecule has 2 aromatic rings. The molecule has 0 spiro atoms. The lowest BCUT2D eigenvalue weighted by Crippen LogP contribution is -2.32. The molecule has 116 valence electrons. The zero-order valence-electron chi connectivity index (χ0n) is 12.0. The number of likely N-dealkylation sites (tertiary alicyclic amines) is 1. The molecule has 7 heteroatoms. The fourth-order valence-corrected chi connectivity index (χ4v) is 3.21. The van der Waals surface area contributed by atoms with E-state index in [9.17, 15) is 4.79 Å². The van der Waals surface area contributed by atoms with Gasteiger partial charge in [0.25, 0.3) is 0 Å². The van der Waals surface area contributed by atoms with Gasteiger partial charge < -0.3 is 5.11 Å². The topological polar surface area (TPSA) is 71.2 Å². The zero-order valence-corrected chi connectivity index (χ0v) is 12.8. The molecule has 1 saturated heterocycles. The van der Waals surface area contributed by atoms with Gasteiger partial charge in [-0.2, -0.15) is 0 Å². The molecule has 0 bridgehead atoms. The van der Waals surface area contributed by atoms with Crippen LogP contribution in [0.25, 0.3) is 0 Å². The van der Waals surface area contributed by atoms with E-state index in [4.69, 9.17) is 16.7 Å². The van der Waals surface area contributed by atoms with Gasteiger partial charge in [-0.15, -0.1) is 5.10 Å². The molecule has 1 aromatic carbocycles. The maximum Gasteiger partial charge on any atom is 0.337 e. The monoisotopic (exact) mass is 320 g/mol. The van der Waals surface area contributed by atoms with Crippen molar-refractivity contribution in [3.05, 3.63) is 46.7 Å². The Kier molecular flexibility index (Phi) is 4.40. The number of aromatic nitrogens is 3. The third kappa shape index (κ3) is 3.13. The Morgan fingerprint density at radius 3 is 3.05 bits per heavy atom. The average Bonchev–Trinajstić information content (AvgIpc) is 3.14. The molecule has 2 heterocycles. The molecule has 0 unspecified atom stereocenters. The first-order chi connectivity index (χ1) is 10.6. The number of rotatable bonds is 5. The highest BCUT2D eigenvalue weighted by Crippen LogP contribution is 2.26. The number of hydrogen-bond acceptors (Lipinski definition) is 4. The predicted octanol–water partition coefficient (Wildman–Crippen LogP) is 2.29. The average molecular weight is 321 g/mol. The van der Waals surface area contributed by atoms with Crippen molar-refractivity contribution < 1.29 is 9.90 Å². The fraction of sp³-hybridized carbons (Fsp3) is 0.400. The summed E-state index contributed by atoms with van der Waals surface area (Å²) in [5, 5.41) is 17.3. The van der Waals surface area contributed by atoms with Crippen LogP contribution >= 0.6 is 11.6 Å². The molecule has 0 saturated carbocycles. The lowest BCUT2D eigenvalue weighted by molar-refractivity contribution is 0.0697. The lowest BCUT2D eigenvalue weighted by atomic mass is 10.1. The van der Waals surface area contributed by atoms with E-state index in [1.54, 1.807) is 12.3 Å². The molecule has 1 N–H and O–H groups in total. The van der Waals surface area contributed by atoms with Gasteiger partial charge in [-0.25, -0.2) is 4.79 Å². The van der Waals surface area contributed by atoms with Crippen molar-refractivity contribution in [2.75, 3.05) is 6.54 Å². The third-order valence-corrected chi connectivity index (χ3v) is 4.50. The standard InChI is InChI=1S/C15H17ClN4O2/c16-14-11(3-1-5-13(14)15(21)22)9-19-7-2-4-12(19)10-20-8-6-17-18-20/h1,3,5-6,8,12H,2,4,7,9-10H2,(H,21,22)/t12-/m0/s1. The minimum atomic E-state index is -0.993. The van der Waals surface area contributed by atoms with Gasteiger partial charge in [0.15, 0.2) is 0 Å². The normalized spacial score (nSPS) is 18.7. The van der Waals surface area contributed by atoms with Crippen LogP contribution < -0.4 is 0 Å². The van der Waals surface area contributed by atoms with Crippen molar-refractivity contribution in [3.63, 3.8) is 0 Å². The minimum Gasteiger partial charge on any atom is -0.478 e. The highest BCUT2D eigenvalue weighted by atomic mass is 35.5. The molecule has 1 atom stereocenters. The minimum absolute atomic E-state index is 0.159. The van der Waals surface area contributed by atoms with Gasteiger partial charge in [-0.05, 0) is 31.0 Å². The lowest BCUT2D eigenvalue weighted by Gasteiger charge is -2.25. The van der Waals surface area contributed by atoms with Crippen molar-refractivity contribution >= 4 is 17.6 Å². The third-order valence-electron chi connectivity index (χ3n) is 4.05. The number of nitrogens with zero attached hydrogens (tertiary/aromatic N) is 4. The Morgan fingerprint density at radius 2 is 2.32 bits per heavy atom. The maximum absolute atomic E-state index is 11.2. The van der Waals surface area contributed by atoms with Crippen molar-refractivity contribution in [1.82, 2.24) is 19.9 Å². The number of hydrogen-bond donors (Lipinski definition) is 1. The van der Waals surface area contributed by atoms with Gasteiger partial charge in [-0.1, -0.05) is 28.9 Å². The molecular weight excluding hydrogens is 304 g/mol. The smallest absolute Gasteiger partial charge is 0.337 e. The van der Waals surface area contributed by atoms with Crippen LogP contribution in [0.1, 0.15) is 28.8 Å². The summed E-state index contributed by atoms with van der Waals surface area (Å²) >= 11 is 6.24. The largest absolute Gasteiger partial charge is 0.478 e. The Hall–Kier alpha value is -1.92. The summed E-state index contributed by atoms with van der Waals surface area (Å²) in [5.74, 6) is -0.993. The van der Waals surface area contributed by atoms with Crippen LogP contribution in [0.4, 0.5) is 0 Å². The van der Waals surface area contributed by atoms with E-state index in [-0.39, 0.29) is 5.56 Å². The van der Waals surface area contributed by atoms with E-state index in [0.29, 0.717) is 17.6 Å². The second-order valence-electron chi connectivity index (χ2n) is 5.48. The summed E-state index contributed by atoms with van der Waals surface area (Å²) < 4.78 is 1.83. The van der Waals surface area contributed by atoms with Crippen LogP contribution in [0, 0.1) is 0 Å². The van der Waals surface area contributed by atoms with Crippen LogP contribution in [0.2, 0.25) is 5.02 Å². The number of benzene rings is 1. The first-order valence-corrected chi connectivity index (χ1v) is 7.62. The van der Waals surface area contributed by atoms with E-state index in [1.165, 1.54) is 6.07 Å². The number of carboxylic acids is 1. The SMILES string of the molecule is O=C(O)c1cccc(CN2CCC[C@H]2Cn2ccnn2)c1Cl. The Labute approximate surface area is 133 Å². The second-order valence-corrected chi connectivity index (χ2v) is 5.85. The molecule has 1 aliphatic rings. The van der Waals surface area contributed by atoms with Gasteiger partial charge >= 0.3 is 5.97 Å². The number of carbonyl (C=O) groups is 1. The van der Waals surface area contributed by atoms with E-state index in [2.05, 4.69) is 15.2 Å². The highest BCUT2D eigenvalue weighted by molar-refractivity contribution is 6.34. The number of carboxylic acid groups (broad SMARTS) is 1. The fourth-order valence-electron chi connectivity index (χ4n) is 2.94. The van der Waals surface area contributed by atoms with Crippen LogP contribution in [0.3, 0.4) is 0 Å². The van der Waals surface area contributed by atoms with E-state index >= 15 is 0 Å². The van der Waals surface area contributed by atoms with Gasteiger partial charge in [-0.3, -0.25) is 9.58 Å². The van der Waals surface area contributed by atoms with Crippen molar-refractivity contribution in [1.29, 1.82) is 0 Å². The summed E-state index contributed by atoms with van der Waals surface area (Å²) in [6.45, 7) is 2.42. The molecular formula is C15H17ClN4O2. The molecule has 6 nitrogen and oxygen atoms in total. The molecule has 22 heavy (non-hydrogen) atoms. The van der Waals surface area contributed by atoms with E-state index in [1.807, 2.05) is 16.9 Å². The molecule has 3 rings (SSSR count). The summed E-state index contributed by atoms with van der Waals surface area (Å²) in [7, 11) is 0. The van der Waals surface area contributed by atoms with E-state index < -0.39 is 5.97 Å². The van der Waals surface area contributed by atoms with Gasteiger partial charge in [0.2, 0.25) is 0 Å². The number of halogens is 1. The molecule has 0 amide bonds. The summed E-state index contributed by atoms with van der Waals surface area (Å²) in [5.41, 5.74) is 1.01. The van der Waals surface area contributed by atoms with Gasteiger partial charge in [0.05, 0.1) is 23.3 Å². The zero-order chi connectivity index (χ0) is 15.5. The Bertz CT molecular complexity index is 660. The van der Waals surface area contributed by atoms with Crippen molar-refractivity contribution in [2.24, 2.45) is 0 Å². The molecule has 1 fully saturated rings. The molecule has 1 aromatic heterocycles. The van der Waals surface area contributed by atoms with Crippen LogP contribution in [-0.2, 0) is 13.1 Å². The van der Waals surface area contributed by atoms with Crippen LogP contribution in [0.15, 0.2) is 30.6 Å². The first-order valence-electron chi connectivity index (χ1n) is 7.24. The quantitative estimate of drug-likeness (QED) is 0.915. The molecule has 0 aliphatic carbocycles. The van der Waals surface area contributed by atoms with E-state index in [0.717, 1.165) is 31.5 Å². The van der Waals surface area contributed by atoms with Crippen LogP contribution in [-0.4, -0.2) is 43.6 Å². The second kappa shape index (κ2) is 6.46. The van der Waals surface area contributed by atoms with Crippen LogP contribution in [0.5, 0.6) is 0 Å². The highest BCUT2D eigenvalue weighted by Gasteiger charge is 2.26. The Morgan fingerprint density at radius 1 is 1.45 bits per heavy atom. The maximum atomic E-state index is 11.2. The number of aromatic carboxylic acids is 1. The summed E-state index contributed by atoms with van der Waals surface area (Å²) in [4.78, 5) is 13.5. The van der Waals surface area contributed by atoms with Gasteiger partial charge in [0, 0.05) is 18.8 Å². The van der Waals surface area contributed by atoms with Gasteiger partial charge in [0.1, 0.15) is 0 Å². The predicted molar refractivity (Wildman–Crippen MR) is 81.9 cm³/mol. The summed E-state index contributed by atoms with van der Waals surface area (Å²) in [6, 6.07) is 5.53. The van der Waals surface area contributed by atoms with Crippen molar-refractivity contribution in [3.8, 4) is 0 Å². The molecule has 0 radical (unpaired) electrons.